The number of carboxylic acids is 1. The highest BCUT2D eigenvalue weighted by Gasteiger charge is 2.55. The molecular formula is C48H50N14O16S3. The number of aliphatic carboxylic acids is 1. The molecule has 6 aliphatic rings. The number of piperazine rings is 2. The number of aromatic hydroxyl groups is 1. The summed E-state index contributed by atoms with van der Waals surface area (Å²) in [6.45, 7) is 3.26. The van der Waals surface area contributed by atoms with Crippen LogP contribution in [0.3, 0.4) is 0 Å². The second kappa shape index (κ2) is 23.9. The van der Waals surface area contributed by atoms with Gasteiger partial charge in [-0.05, 0) is 65.2 Å². The van der Waals surface area contributed by atoms with E-state index in [0.29, 0.717) is 26.1 Å². The van der Waals surface area contributed by atoms with E-state index in [1.165, 1.54) is 74.8 Å². The van der Waals surface area contributed by atoms with E-state index in [2.05, 4.69) is 42.1 Å². The van der Waals surface area contributed by atoms with E-state index >= 15 is 0 Å². The third-order valence-electron chi connectivity index (χ3n) is 13.6. The third kappa shape index (κ3) is 11.7. The maximum Gasteiger partial charge on any atom is 0.354 e. The summed E-state index contributed by atoms with van der Waals surface area (Å²) in [6, 6.07) is 1.34. The van der Waals surface area contributed by atoms with E-state index in [0.717, 1.165) is 28.4 Å². The second-order valence-corrected chi connectivity index (χ2v) is 21.7. The summed E-state index contributed by atoms with van der Waals surface area (Å²) in [5, 5.41) is 43.0. The highest BCUT2D eigenvalue weighted by atomic mass is 32.2. The van der Waals surface area contributed by atoms with Gasteiger partial charge < -0.3 is 56.1 Å². The van der Waals surface area contributed by atoms with Crippen LogP contribution in [0.4, 0.5) is 9.59 Å². The molecule has 7 heterocycles. The number of tetrazole rings is 1. The fraction of sp³-hybridized carbons (Fsp3) is 0.396. The standard InChI is InChI=1S/C48H50N14O16S3/c1-4-58-14-16-60(40(69)38(58)67)46(75)52-28(22-6-10-26(63)11-7-22)34(64)49-31(36-51-30-24(19-79-36)18-77-44(30)73)45(74)78-27-12-8-23(9-13-27)29(53-47(76)61-17-15-59(5-2)39(68)41(61)70)35(65)50-32-37(66)62-33(43(71)72)25(20-80-42(32)62)21-81-48-54-55-56-57(48)3/h6-13,28-29,31-32,36,42,51,63H,4-5,14-21H2,1-3H3,(H,49,64)(H,50,65)(H,52,75)(H,53,76)(H,71,72)/t28-,29-,31?,32-,36?,42-/m1/s1. The number of aryl methyl sites for hydroxylation is 1. The molecule has 6 atom stereocenters. The predicted molar refractivity (Wildman–Crippen MR) is 279 cm³/mol. The van der Waals surface area contributed by atoms with Gasteiger partial charge >= 0.3 is 53.6 Å². The maximum atomic E-state index is 14.5. The number of thioether (sulfide) groups is 3. The molecule has 2 unspecified atom stereocenters. The summed E-state index contributed by atoms with van der Waals surface area (Å²) in [5.74, 6) is -10.2. The lowest BCUT2D eigenvalue weighted by molar-refractivity contribution is -0.153. The number of benzene rings is 2. The van der Waals surface area contributed by atoms with Gasteiger partial charge in [0, 0.05) is 69.1 Å². The monoisotopic (exact) mass is 1170 g/mol. The lowest BCUT2D eigenvalue weighted by Gasteiger charge is -2.49. The summed E-state index contributed by atoms with van der Waals surface area (Å²) in [4.78, 5) is 166. The number of likely N-dealkylation sites (N-methyl/N-ethyl adjacent to an activating group) is 2. The summed E-state index contributed by atoms with van der Waals surface area (Å²) in [6.07, 6.45) is 0. The lowest BCUT2D eigenvalue weighted by atomic mass is 10.0. The minimum absolute atomic E-state index is 0.00270. The molecule has 0 aliphatic carbocycles. The normalized spacial score (nSPS) is 21.0. The minimum atomic E-state index is -1.72. The number of imide groups is 2. The number of hydrogen-bond donors (Lipinski definition) is 7. The van der Waals surface area contributed by atoms with Gasteiger partial charge in [0.05, 0.1) is 0 Å². The molecule has 3 fully saturated rings. The van der Waals surface area contributed by atoms with Crippen molar-refractivity contribution in [3.63, 3.8) is 0 Å². The number of cyclic esters (lactones) is 1. The number of β-lactam (4-membered cyclic amide) rings is 1. The van der Waals surface area contributed by atoms with Crippen LogP contribution in [0.5, 0.6) is 11.5 Å². The molecule has 2 aromatic carbocycles. The number of carbonyl (C=O) groups excluding carboxylic acids is 11. The topological polar surface area (TPSA) is 384 Å². The zero-order valence-electron chi connectivity index (χ0n) is 43.0. The molecule has 0 radical (unpaired) electrons. The van der Waals surface area contributed by atoms with Crippen molar-refractivity contribution in [3.8, 4) is 11.5 Å². The van der Waals surface area contributed by atoms with Crippen molar-refractivity contribution in [1.29, 1.82) is 0 Å². The van der Waals surface area contributed by atoms with Crippen LogP contribution in [0.15, 0.2) is 76.2 Å². The van der Waals surface area contributed by atoms with Crippen LogP contribution in [-0.2, 0) is 59.7 Å². The van der Waals surface area contributed by atoms with Gasteiger partial charge in [0.15, 0.2) is 6.04 Å². The smallest absolute Gasteiger partial charge is 0.354 e. The predicted octanol–water partition coefficient (Wildman–Crippen LogP) is -2.11. The first-order valence-electron chi connectivity index (χ1n) is 24.8. The van der Waals surface area contributed by atoms with E-state index in [1.807, 2.05) is 0 Å². The Balaban J connectivity index is 0.957. The van der Waals surface area contributed by atoms with E-state index in [1.54, 1.807) is 20.9 Å². The molecule has 1 aromatic heterocycles. The van der Waals surface area contributed by atoms with Gasteiger partial charge in [-0.2, -0.15) is 0 Å². The number of fused-ring (bicyclic) bond motifs is 1. The summed E-state index contributed by atoms with van der Waals surface area (Å²) in [5.41, 5.74) is 0.806. The number of ether oxygens (including phenoxy) is 2. The van der Waals surface area contributed by atoms with Gasteiger partial charge in [-0.3, -0.25) is 48.3 Å². The Bertz CT molecular complexity index is 3210. The quantitative estimate of drug-likeness (QED) is 0.0250. The largest absolute Gasteiger partial charge is 0.508 e. The molecule has 9 rings (SSSR count). The number of carboxylic acid groups (broad SMARTS) is 1. The molecule has 33 heteroatoms. The number of phenolic OH excluding ortho intramolecular Hbond substituents is 1. The van der Waals surface area contributed by atoms with Gasteiger partial charge in [-0.15, -0.1) is 28.6 Å². The van der Waals surface area contributed by atoms with Crippen LogP contribution in [0.25, 0.3) is 0 Å². The Morgan fingerprint density at radius 3 is 1.95 bits per heavy atom. The SMILES string of the molecule is CCN1CCN(C(=O)N[C@@H](C(=O)NC(C(=O)Oc2ccc([C@@H](NC(=O)N3CCN(CC)C(=O)C3=O)C(=O)N[C@@H]3C(=O)N4C(C(=O)O)=C(CSc5nnnn5C)CS[C@H]34)cc2)C2NC3=C(COC3=O)CS2)c2ccc(O)cc2)C(=O)C1=O. The Hall–Kier alpha value is -8.72. The van der Waals surface area contributed by atoms with E-state index < -0.39 is 106 Å². The molecule has 3 saturated heterocycles. The average Bonchev–Trinajstić information content (AvgIpc) is 3.82. The van der Waals surface area contributed by atoms with Crippen molar-refractivity contribution in [2.45, 2.75) is 53.9 Å². The number of urea groups is 2. The lowest BCUT2D eigenvalue weighted by Crippen LogP contribution is -2.71. The Morgan fingerprint density at radius 1 is 0.790 bits per heavy atom. The fourth-order valence-corrected chi connectivity index (χ4v) is 12.7. The first-order chi connectivity index (χ1) is 38.8. The van der Waals surface area contributed by atoms with Gasteiger partial charge in [-0.25, -0.2) is 28.7 Å². The molecule has 11 amide bonds. The highest BCUT2D eigenvalue weighted by Crippen LogP contribution is 2.42. The van der Waals surface area contributed by atoms with E-state index in [-0.39, 0.29) is 97.2 Å². The molecular weight excluding hydrogens is 1120 g/mol. The molecule has 6 aliphatic heterocycles. The van der Waals surface area contributed by atoms with Crippen LogP contribution < -0.4 is 31.3 Å². The Morgan fingerprint density at radius 2 is 1.38 bits per heavy atom. The van der Waals surface area contributed by atoms with Gasteiger partial charge in [0.2, 0.25) is 17.0 Å². The summed E-state index contributed by atoms with van der Waals surface area (Å²) in [7, 11) is 1.60. The second-order valence-electron chi connectivity index (χ2n) is 18.5. The van der Waals surface area contributed by atoms with Crippen LogP contribution in [0, 0.1) is 0 Å². The Kier molecular flexibility index (Phi) is 16.8. The van der Waals surface area contributed by atoms with Crippen molar-refractivity contribution in [2.75, 3.05) is 63.1 Å². The molecule has 426 valence electrons. The zero-order valence-corrected chi connectivity index (χ0v) is 45.5. The molecule has 0 bridgehead atoms. The molecule has 0 saturated carbocycles. The van der Waals surface area contributed by atoms with Crippen LogP contribution in [0.1, 0.15) is 37.1 Å². The first-order valence-corrected chi connectivity index (χ1v) is 27.9. The van der Waals surface area contributed by atoms with Crippen molar-refractivity contribution >= 4 is 107 Å². The number of amides is 11. The molecule has 81 heavy (non-hydrogen) atoms. The minimum Gasteiger partial charge on any atom is -0.508 e. The first kappa shape index (κ1) is 57.0. The molecule has 3 aromatic rings. The number of nitrogens with zero attached hydrogens (tertiary/aromatic N) is 9. The van der Waals surface area contributed by atoms with Crippen molar-refractivity contribution in [3.05, 3.63) is 82.2 Å². The number of phenols is 1. The van der Waals surface area contributed by atoms with E-state index in [9.17, 15) is 67.7 Å². The van der Waals surface area contributed by atoms with Crippen molar-refractivity contribution < 1.29 is 77.2 Å². The maximum absolute atomic E-state index is 14.5. The fourth-order valence-electron chi connectivity index (χ4n) is 9.21. The summed E-state index contributed by atoms with van der Waals surface area (Å²) < 4.78 is 12.4. The molecule has 0 spiro atoms. The van der Waals surface area contributed by atoms with E-state index in [4.69, 9.17) is 9.47 Å². The van der Waals surface area contributed by atoms with Gasteiger partial charge in [0.25, 0.3) is 5.91 Å². The average molecular weight is 1180 g/mol. The Labute approximate surface area is 471 Å². The number of esters is 2. The number of hydrogen-bond acceptors (Lipinski definition) is 22. The van der Waals surface area contributed by atoms with Crippen LogP contribution >= 0.6 is 35.3 Å². The molecule has 30 nitrogen and oxygen atoms in total. The zero-order chi connectivity index (χ0) is 58.0. The highest BCUT2D eigenvalue weighted by molar-refractivity contribution is 8.01. The number of nitrogens with one attached hydrogen (secondary N) is 5. The van der Waals surface area contributed by atoms with Crippen LogP contribution in [-0.4, -0.2) is 212 Å². The molecule has 7 N–H and O–H groups in total. The van der Waals surface area contributed by atoms with Crippen molar-refractivity contribution in [1.82, 2.24) is 71.3 Å². The van der Waals surface area contributed by atoms with Gasteiger partial charge in [-0.1, -0.05) is 36.0 Å². The summed E-state index contributed by atoms with van der Waals surface area (Å²) >= 11 is 3.43. The van der Waals surface area contributed by atoms with Crippen molar-refractivity contribution in [2.24, 2.45) is 7.05 Å². The number of aromatic nitrogens is 4. The number of rotatable bonds is 17. The number of carbonyl (C=O) groups is 12. The van der Waals surface area contributed by atoms with Gasteiger partial charge in [0.1, 0.15) is 58.4 Å². The van der Waals surface area contributed by atoms with Crippen LogP contribution in [0.2, 0.25) is 0 Å². The third-order valence-corrected chi connectivity index (χ3v) is 17.3.